The van der Waals surface area contributed by atoms with Crippen LogP contribution in [0.2, 0.25) is 0 Å². The molecule has 5 heteroatoms. The first-order valence-electron chi connectivity index (χ1n) is 6.64. The molecular formula is C15H22N4O. The number of aromatic amines is 1. The number of nitrogens with one attached hydrogen (secondary N) is 2. The fraction of sp³-hybridized carbons (Fsp3) is 0.467. The van der Waals surface area contributed by atoms with Gasteiger partial charge in [0, 0.05) is 23.0 Å². The van der Waals surface area contributed by atoms with Crippen LogP contribution in [0.5, 0.6) is 5.88 Å². The molecule has 0 aliphatic heterocycles. The smallest absolute Gasteiger partial charge is 0.220 e. The first-order valence-corrected chi connectivity index (χ1v) is 6.64. The van der Waals surface area contributed by atoms with E-state index in [2.05, 4.69) is 47.8 Å². The number of methoxy groups -OCH3 is 1. The molecule has 0 atom stereocenters. The van der Waals surface area contributed by atoms with E-state index in [4.69, 9.17) is 4.74 Å². The van der Waals surface area contributed by atoms with Crippen LogP contribution in [0.4, 0.5) is 0 Å². The molecule has 2 N–H and O–H groups in total. The average Bonchev–Trinajstić information content (AvgIpc) is 2.85. The van der Waals surface area contributed by atoms with Crippen molar-refractivity contribution in [3.8, 4) is 5.88 Å². The zero-order chi connectivity index (χ0) is 14.9. The molecule has 0 radical (unpaired) electrons. The van der Waals surface area contributed by atoms with Crippen LogP contribution in [0, 0.1) is 12.3 Å². The van der Waals surface area contributed by atoms with Gasteiger partial charge >= 0.3 is 0 Å². The molecule has 0 unspecified atom stereocenters. The standard InChI is InChI=1S/C15H22N4O/c1-9-11-8-17-19-13(11)12(14(18-9)20-6)7-16-10(2)15(3,4)5/h8,16H,2,7H2,1,3-6H3,(H,17,19). The van der Waals surface area contributed by atoms with Crippen LogP contribution in [0.1, 0.15) is 32.0 Å². The van der Waals surface area contributed by atoms with E-state index in [0.717, 1.165) is 27.9 Å². The van der Waals surface area contributed by atoms with Gasteiger partial charge in [0.05, 0.1) is 30.1 Å². The van der Waals surface area contributed by atoms with Crippen molar-refractivity contribution in [3.05, 3.63) is 29.7 Å². The van der Waals surface area contributed by atoms with Crippen LogP contribution in [-0.4, -0.2) is 22.3 Å². The number of aromatic nitrogens is 3. The molecule has 2 rings (SSSR count). The molecule has 0 saturated heterocycles. The van der Waals surface area contributed by atoms with Gasteiger partial charge in [0.25, 0.3) is 0 Å². The highest BCUT2D eigenvalue weighted by Crippen LogP contribution is 2.28. The molecule has 5 nitrogen and oxygen atoms in total. The lowest BCUT2D eigenvalue weighted by atomic mass is 9.93. The van der Waals surface area contributed by atoms with Gasteiger partial charge in [-0.2, -0.15) is 5.10 Å². The van der Waals surface area contributed by atoms with Crippen molar-refractivity contribution in [2.45, 2.75) is 34.2 Å². The van der Waals surface area contributed by atoms with Gasteiger partial charge in [-0.3, -0.25) is 5.10 Å². The van der Waals surface area contributed by atoms with Crippen LogP contribution in [0.15, 0.2) is 18.5 Å². The quantitative estimate of drug-likeness (QED) is 0.900. The third-order valence-electron chi connectivity index (χ3n) is 3.44. The second-order valence-electron chi connectivity index (χ2n) is 5.93. The Balaban J connectivity index is 2.36. The van der Waals surface area contributed by atoms with E-state index in [1.807, 2.05) is 6.92 Å². The number of hydrogen-bond donors (Lipinski definition) is 2. The maximum absolute atomic E-state index is 5.39. The number of fused-ring (bicyclic) bond motifs is 1. The van der Waals surface area contributed by atoms with Gasteiger partial charge in [0.15, 0.2) is 0 Å². The summed E-state index contributed by atoms with van der Waals surface area (Å²) in [6.45, 7) is 13.0. The van der Waals surface area contributed by atoms with E-state index in [0.29, 0.717) is 12.4 Å². The number of pyridine rings is 1. The van der Waals surface area contributed by atoms with Crippen LogP contribution in [-0.2, 0) is 6.54 Å². The number of ether oxygens (including phenoxy) is 1. The number of aryl methyl sites for hydroxylation is 1. The van der Waals surface area contributed by atoms with E-state index >= 15 is 0 Å². The molecule has 0 bridgehead atoms. The number of hydrogen-bond acceptors (Lipinski definition) is 4. The summed E-state index contributed by atoms with van der Waals surface area (Å²) < 4.78 is 5.39. The van der Waals surface area contributed by atoms with Crippen molar-refractivity contribution in [1.82, 2.24) is 20.5 Å². The van der Waals surface area contributed by atoms with Crippen LogP contribution in [0.3, 0.4) is 0 Å². The third kappa shape index (κ3) is 2.61. The summed E-state index contributed by atoms with van der Waals surface area (Å²) in [7, 11) is 1.63. The van der Waals surface area contributed by atoms with Gasteiger partial charge in [-0.25, -0.2) is 4.98 Å². The van der Waals surface area contributed by atoms with E-state index in [1.54, 1.807) is 13.3 Å². The van der Waals surface area contributed by atoms with Crippen molar-refractivity contribution >= 4 is 10.9 Å². The molecule has 0 aromatic carbocycles. The van der Waals surface area contributed by atoms with Crippen molar-refractivity contribution < 1.29 is 4.74 Å². The Morgan fingerprint density at radius 3 is 2.75 bits per heavy atom. The highest BCUT2D eigenvalue weighted by molar-refractivity contribution is 5.84. The summed E-state index contributed by atoms with van der Waals surface area (Å²) in [5, 5.41) is 11.5. The minimum absolute atomic E-state index is 0.0124. The minimum Gasteiger partial charge on any atom is -0.481 e. The average molecular weight is 274 g/mol. The predicted octanol–water partition coefficient (Wildman–Crippen LogP) is 2.92. The summed E-state index contributed by atoms with van der Waals surface area (Å²) in [5.74, 6) is 0.619. The van der Waals surface area contributed by atoms with E-state index in [9.17, 15) is 0 Å². The summed E-state index contributed by atoms with van der Waals surface area (Å²) >= 11 is 0. The second kappa shape index (κ2) is 5.15. The maximum Gasteiger partial charge on any atom is 0.220 e. The Morgan fingerprint density at radius 1 is 1.45 bits per heavy atom. The number of H-pyrrole nitrogens is 1. The third-order valence-corrected chi connectivity index (χ3v) is 3.44. The van der Waals surface area contributed by atoms with Crippen LogP contribution in [0.25, 0.3) is 10.9 Å². The Kier molecular flexibility index (Phi) is 3.70. The van der Waals surface area contributed by atoms with Gasteiger partial charge in [-0.15, -0.1) is 0 Å². The van der Waals surface area contributed by atoms with Gasteiger partial charge in [-0.05, 0) is 6.92 Å². The zero-order valence-corrected chi connectivity index (χ0v) is 12.8. The molecule has 2 aromatic rings. The van der Waals surface area contributed by atoms with E-state index < -0.39 is 0 Å². The van der Waals surface area contributed by atoms with Crippen molar-refractivity contribution in [2.75, 3.05) is 7.11 Å². The minimum atomic E-state index is 0.0124. The molecule has 0 amide bonds. The molecule has 0 aliphatic carbocycles. The molecule has 0 saturated carbocycles. The van der Waals surface area contributed by atoms with Crippen LogP contribution < -0.4 is 10.1 Å². The first kappa shape index (κ1) is 14.4. The second-order valence-corrected chi connectivity index (χ2v) is 5.93. The SMILES string of the molecule is C=C(NCc1c(OC)nc(C)c2cn[nH]c12)C(C)(C)C. The Bertz CT molecular complexity index is 637. The van der Waals surface area contributed by atoms with Gasteiger partial charge in [-0.1, -0.05) is 27.4 Å². The normalized spacial score (nSPS) is 11.7. The molecular weight excluding hydrogens is 252 g/mol. The fourth-order valence-corrected chi connectivity index (χ4v) is 1.97. The monoisotopic (exact) mass is 274 g/mol. The highest BCUT2D eigenvalue weighted by Gasteiger charge is 2.18. The lowest BCUT2D eigenvalue weighted by molar-refractivity contribution is 0.389. The molecule has 2 aromatic heterocycles. The van der Waals surface area contributed by atoms with Gasteiger partial charge in [0.1, 0.15) is 0 Å². The Labute approximate surface area is 119 Å². The van der Waals surface area contributed by atoms with E-state index in [-0.39, 0.29) is 5.41 Å². The largest absolute Gasteiger partial charge is 0.481 e. The molecule has 2 heterocycles. The molecule has 0 aliphatic rings. The molecule has 0 spiro atoms. The topological polar surface area (TPSA) is 62.8 Å². The maximum atomic E-state index is 5.39. The number of nitrogens with zero attached hydrogens (tertiary/aromatic N) is 2. The lowest BCUT2D eigenvalue weighted by Gasteiger charge is -2.23. The van der Waals surface area contributed by atoms with Crippen molar-refractivity contribution in [3.63, 3.8) is 0 Å². The Hall–Kier alpha value is -2.04. The number of rotatable bonds is 4. The predicted molar refractivity (Wildman–Crippen MR) is 80.6 cm³/mol. The summed E-state index contributed by atoms with van der Waals surface area (Å²) in [6, 6.07) is 0. The van der Waals surface area contributed by atoms with Gasteiger partial charge < -0.3 is 10.1 Å². The van der Waals surface area contributed by atoms with Crippen molar-refractivity contribution in [1.29, 1.82) is 0 Å². The highest BCUT2D eigenvalue weighted by atomic mass is 16.5. The summed E-state index contributed by atoms with van der Waals surface area (Å²) in [6.07, 6.45) is 1.79. The molecule has 108 valence electrons. The summed E-state index contributed by atoms with van der Waals surface area (Å²) in [4.78, 5) is 4.48. The fourth-order valence-electron chi connectivity index (χ4n) is 1.97. The van der Waals surface area contributed by atoms with Crippen molar-refractivity contribution in [2.24, 2.45) is 5.41 Å². The molecule has 0 fully saturated rings. The van der Waals surface area contributed by atoms with E-state index in [1.165, 1.54) is 0 Å². The Morgan fingerprint density at radius 2 is 2.15 bits per heavy atom. The number of allylic oxidation sites excluding steroid dienone is 1. The lowest BCUT2D eigenvalue weighted by Crippen LogP contribution is -2.23. The first-order chi connectivity index (χ1) is 9.34. The zero-order valence-electron chi connectivity index (χ0n) is 12.8. The summed E-state index contributed by atoms with van der Waals surface area (Å²) in [5.41, 5.74) is 3.83. The van der Waals surface area contributed by atoms with Gasteiger partial charge in [0.2, 0.25) is 5.88 Å². The van der Waals surface area contributed by atoms with Crippen LogP contribution >= 0.6 is 0 Å². The molecule has 20 heavy (non-hydrogen) atoms.